The minimum Gasteiger partial charge on any atom is -0.478 e. The van der Waals surface area contributed by atoms with Gasteiger partial charge in [0.05, 0.1) is 17.7 Å². The van der Waals surface area contributed by atoms with E-state index in [4.69, 9.17) is 14.6 Å². The number of benzene rings is 2. The minimum absolute atomic E-state index is 0.212. The van der Waals surface area contributed by atoms with Crippen molar-refractivity contribution in [3.8, 4) is 11.4 Å². The van der Waals surface area contributed by atoms with Crippen molar-refractivity contribution >= 4 is 16.9 Å². The number of aromatic carboxylic acids is 1. The van der Waals surface area contributed by atoms with Crippen molar-refractivity contribution in [3.63, 3.8) is 0 Å². The maximum absolute atomic E-state index is 11.1. The van der Waals surface area contributed by atoms with Crippen LogP contribution in [-0.4, -0.2) is 73.4 Å². The van der Waals surface area contributed by atoms with Crippen molar-refractivity contribution < 1.29 is 39.8 Å². The van der Waals surface area contributed by atoms with Gasteiger partial charge in [0.2, 0.25) is 6.29 Å². The molecule has 4 rings (SSSR count). The second-order valence-electron chi connectivity index (χ2n) is 7.07. The maximum atomic E-state index is 11.1. The Balaban J connectivity index is 1.53. The van der Waals surface area contributed by atoms with Crippen LogP contribution in [0, 0.1) is 0 Å². The molecule has 158 valence electrons. The molecule has 0 saturated carbocycles. The first-order valence-corrected chi connectivity index (χ1v) is 9.31. The summed E-state index contributed by atoms with van der Waals surface area (Å²) in [5.74, 6) is -0.632. The molecule has 0 aliphatic carbocycles. The highest BCUT2D eigenvalue weighted by atomic mass is 16.7. The fourth-order valence-corrected chi connectivity index (χ4v) is 3.48. The summed E-state index contributed by atoms with van der Waals surface area (Å²) in [6, 6.07) is 13.5. The van der Waals surface area contributed by atoms with Gasteiger partial charge in [-0.25, -0.2) is 4.79 Å². The van der Waals surface area contributed by atoms with Gasteiger partial charge in [-0.1, -0.05) is 0 Å². The molecule has 2 aromatic carbocycles. The van der Waals surface area contributed by atoms with Gasteiger partial charge >= 0.3 is 5.97 Å². The summed E-state index contributed by atoms with van der Waals surface area (Å²) in [6.45, 7) is -0.534. The number of aromatic nitrogens is 1. The number of nitrogens with zero attached hydrogens (tertiary/aromatic N) is 1. The average molecular weight is 415 g/mol. The fraction of sp³-hybridized carbons (Fsp3) is 0.286. The second kappa shape index (κ2) is 8.05. The quantitative estimate of drug-likeness (QED) is 0.406. The maximum Gasteiger partial charge on any atom is 0.335 e. The molecule has 9 nitrogen and oxygen atoms in total. The molecule has 0 spiro atoms. The third kappa shape index (κ3) is 3.64. The lowest BCUT2D eigenvalue weighted by Crippen LogP contribution is -2.60. The van der Waals surface area contributed by atoms with Gasteiger partial charge in [-0.2, -0.15) is 0 Å². The van der Waals surface area contributed by atoms with Gasteiger partial charge in [0.25, 0.3) is 0 Å². The first kappa shape index (κ1) is 20.3. The molecule has 0 radical (unpaired) electrons. The summed E-state index contributed by atoms with van der Waals surface area (Å²) < 4.78 is 12.8. The van der Waals surface area contributed by atoms with Crippen LogP contribution in [0.25, 0.3) is 16.6 Å². The molecule has 1 saturated heterocycles. The van der Waals surface area contributed by atoms with Crippen molar-refractivity contribution in [1.29, 1.82) is 0 Å². The smallest absolute Gasteiger partial charge is 0.335 e. The Morgan fingerprint density at radius 3 is 2.40 bits per heavy atom. The lowest BCUT2D eigenvalue weighted by molar-refractivity contribution is -0.277. The molecule has 2 heterocycles. The zero-order chi connectivity index (χ0) is 21.4. The van der Waals surface area contributed by atoms with Crippen LogP contribution in [0.15, 0.2) is 54.7 Å². The van der Waals surface area contributed by atoms with Crippen LogP contribution in [0.5, 0.6) is 5.75 Å². The number of carbonyl (C=O) groups is 1. The highest BCUT2D eigenvalue weighted by Crippen LogP contribution is 2.26. The Hall–Kier alpha value is -2.95. The Morgan fingerprint density at radius 2 is 1.73 bits per heavy atom. The third-order valence-electron chi connectivity index (χ3n) is 5.15. The fourth-order valence-electron chi connectivity index (χ4n) is 3.48. The molecule has 3 aromatic rings. The number of carboxylic acids is 1. The van der Waals surface area contributed by atoms with Crippen LogP contribution >= 0.6 is 0 Å². The predicted molar refractivity (Wildman–Crippen MR) is 105 cm³/mol. The molecule has 1 aliphatic rings. The summed E-state index contributed by atoms with van der Waals surface area (Å²) in [5, 5.41) is 48.9. The monoisotopic (exact) mass is 415 g/mol. The van der Waals surface area contributed by atoms with E-state index in [1.807, 2.05) is 16.8 Å². The third-order valence-corrected chi connectivity index (χ3v) is 5.15. The molecule has 1 fully saturated rings. The first-order chi connectivity index (χ1) is 14.4. The highest BCUT2D eigenvalue weighted by Gasteiger charge is 2.44. The summed E-state index contributed by atoms with van der Waals surface area (Å²) in [7, 11) is 0. The van der Waals surface area contributed by atoms with Crippen molar-refractivity contribution in [2.24, 2.45) is 0 Å². The Labute approximate surface area is 170 Å². The summed E-state index contributed by atoms with van der Waals surface area (Å²) in [6.07, 6.45) is -4.93. The van der Waals surface area contributed by atoms with E-state index in [9.17, 15) is 25.2 Å². The summed E-state index contributed by atoms with van der Waals surface area (Å²) >= 11 is 0. The van der Waals surface area contributed by atoms with Crippen LogP contribution in [0.1, 0.15) is 10.4 Å². The number of aliphatic hydroxyl groups is 4. The summed E-state index contributed by atoms with van der Waals surface area (Å²) in [5.41, 5.74) is 1.85. The highest BCUT2D eigenvalue weighted by molar-refractivity contribution is 5.94. The van der Waals surface area contributed by atoms with Gasteiger partial charge < -0.3 is 39.6 Å². The van der Waals surface area contributed by atoms with Crippen LogP contribution in [0.3, 0.4) is 0 Å². The lowest BCUT2D eigenvalue weighted by Gasteiger charge is -2.39. The lowest BCUT2D eigenvalue weighted by atomic mass is 9.99. The van der Waals surface area contributed by atoms with Gasteiger partial charge in [-0.15, -0.1) is 0 Å². The van der Waals surface area contributed by atoms with E-state index in [2.05, 4.69) is 0 Å². The molecular weight excluding hydrogens is 394 g/mol. The molecule has 30 heavy (non-hydrogen) atoms. The second-order valence-corrected chi connectivity index (χ2v) is 7.07. The molecule has 1 aliphatic heterocycles. The van der Waals surface area contributed by atoms with Crippen LogP contribution in [0.2, 0.25) is 0 Å². The number of aliphatic hydroxyl groups excluding tert-OH is 4. The molecule has 0 bridgehead atoms. The van der Waals surface area contributed by atoms with Crippen LogP contribution in [0.4, 0.5) is 0 Å². The number of carboxylic acid groups (broad SMARTS) is 1. The summed E-state index contributed by atoms with van der Waals surface area (Å²) in [4.78, 5) is 11.1. The molecule has 0 amide bonds. The van der Waals surface area contributed by atoms with E-state index in [1.165, 1.54) is 6.07 Å². The van der Waals surface area contributed by atoms with Crippen LogP contribution in [-0.2, 0) is 4.74 Å². The van der Waals surface area contributed by atoms with Crippen molar-refractivity contribution in [1.82, 2.24) is 4.57 Å². The van der Waals surface area contributed by atoms with Gasteiger partial charge in [0.15, 0.2) is 0 Å². The molecule has 1 aromatic heterocycles. The zero-order valence-corrected chi connectivity index (χ0v) is 15.7. The Kier molecular flexibility index (Phi) is 5.46. The number of fused-ring (bicyclic) bond motifs is 1. The Morgan fingerprint density at radius 1 is 1.00 bits per heavy atom. The van der Waals surface area contributed by atoms with Gasteiger partial charge in [0, 0.05) is 17.3 Å². The first-order valence-electron chi connectivity index (χ1n) is 9.31. The van der Waals surface area contributed by atoms with Crippen molar-refractivity contribution in [3.05, 3.63) is 60.3 Å². The van der Waals surface area contributed by atoms with E-state index < -0.39 is 43.3 Å². The molecule has 2 unspecified atom stereocenters. The largest absolute Gasteiger partial charge is 0.478 e. The average Bonchev–Trinajstić information content (AvgIpc) is 3.18. The minimum atomic E-state index is -1.51. The zero-order valence-electron chi connectivity index (χ0n) is 15.7. The molecule has 5 N–H and O–H groups in total. The normalized spacial score (nSPS) is 26.6. The van der Waals surface area contributed by atoms with Crippen molar-refractivity contribution in [2.75, 3.05) is 6.61 Å². The van der Waals surface area contributed by atoms with Gasteiger partial charge in [-0.3, -0.25) is 0 Å². The number of ether oxygens (including phenoxy) is 2. The number of rotatable bonds is 5. The number of hydrogen-bond donors (Lipinski definition) is 5. The molecule has 5 atom stereocenters. The van der Waals surface area contributed by atoms with Crippen molar-refractivity contribution in [2.45, 2.75) is 30.7 Å². The molecular formula is C21H21NO8. The Bertz CT molecular complexity index is 1040. The van der Waals surface area contributed by atoms with Gasteiger partial charge in [-0.05, 0) is 48.5 Å². The van der Waals surface area contributed by atoms with E-state index >= 15 is 0 Å². The predicted octanol–water partition coefficient (Wildman–Crippen LogP) is 0.507. The topological polar surface area (TPSA) is 142 Å². The van der Waals surface area contributed by atoms with Crippen LogP contribution < -0.4 is 4.74 Å². The number of hydrogen-bond acceptors (Lipinski definition) is 7. The van der Waals surface area contributed by atoms with E-state index in [1.54, 1.807) is 36.4 Å². The standard InChI is InChI=1S/C21H21NO8/c23-10-16-17(24)18(25)19(26)21(30-16)29-14-4-2-13(3-5-14)22-8-7-11-9-12(20(27)28)1-6-15(11)22/h1-9,16-19,21,23-26H,10H2,(H,27,28)/t16?,17-,18+,19?,21+/m1/s1. The van der Waals surface area contributed by atoms with E-state index in [0.717, 1.165) is 16.6 Å². The molecule has 9 heteroatoms. The van der Waals surface area contributed by atoms with E-state index in [-0.39, 0.29) is 5.56 Å². The SMILES string of the molecule is O=C(O)c1ccc2c(ccn2-c2ccc(O[C@H]3OC(CO)[C@@H](O)[C@H](O)C3O)cc2)c1. The van der Waals surface area contributed by atoms with Gasteiger partial charge in [0.1, 0.15) is 30.2 Å². The van der Waals surface area contributed by atoms with E-state index in [0.29, 0.717) is 5.75 Å².